The Morgan fingerprint density at radius 2 is 1.66 bits per heavy atom. The van der Waals surface area contributed by atoms with Crippen molar-refractivity contribution in [1.29, 1.82) is 0 Å². The normalized spacial score (nSPS) is 10.3. The van der Waals surface area contributed by atoms with Crippen LogP contribution in [0, 0.1) is 0 Å². The lowest BCUT2D eigenvalue weighted by molar-refractivity contribution is 0.101. The Morgan fingerprint density at radius 3 is 2.38 bits per heavy atom. The zero-order valence-corrected chi connectivity index (χ0v) is 17.0. The number of thioether (sulfide) groups is 1. The van der Waals surface area contributed by atoms with Crippen molar-refractivity contribution < 1.29 is 19.1 Å². The second-order valence-electron chi connectivity index (χ2n) is 6.12. The van der Waals surface area contributed by atoms with Crippen LogP contribution in [-0.4, -0.2) is 31.7 Å². The van der Waals surface area contributed by atoms with E-state index in [4.69, 9.17) is 9.47 Å². The highest BCUT2D eigenvalue weighted by Gasteiger charge is 2.12. The van der Waals surface area contributed by atoms with Crippen molar-refractivity contribution in [3.8, 4) is 11.5 Å². The molecule has 29 heavy (non-hydrogen) atoms. The Hall–Kier alpha value is -3.25. The van der Waals surface area contributed by atoms with E-state index in [-0.39, 0.29) is 17.4 Å². The monoisotopic (exact) mass is 407 g/mol. The fourth-order valence-corrected chi connectivity index (χ4v) is 3.55. The van der Waals surface area contributed by atoms with E-state index in [1.54, 1.807) is 50.6 Å². The standard InChI is InChI=1S/C23H21NO4S/c1-27-18-12-10-16(11-13-18)23(26)24-17-6-5-7-19(14-17)29-15-21(25)20-8-3-4-9-22(20)28-2/h3-14H,15H2,1-2H3,(H,24,26). The lowest BCUT2D eigenvalue weighted by Crippen LogP contribution is -2.11. The number of carbonyl (C=O) groups excluding carboxylic acids is 2. The van der Waals surface area contributed by atoms with Crippen LogP contribution in [0.1, 0.15) is 20.7 Å². The van der Waals surface area contributed by atoms with Gasteiger partial charge in [-0.3, -0.25) is 9.59 Å². The number of anilines is 1. The minimum absolute atomic E-state index is 0.0138. The van der Waals surface area contributed by atoms with E-state index in [0.29, 0.717) is 28.3 Å². The van der Waals surface area contributed by atoms with E-state index in [2.05, 4.69) is 5.32 Å². The zero-order valence-electron chi connectivity index (χ0n) is 16.2. The van der Waals surface area contributed by atoms with E-state index >= 15 is 0 Å². The summed E-state index contributed by atoms with van der Waals surface area (Å²) in [5.74, 6) is 1.31. The topological polar surface area (TPSA) is 64.6 Å². The van der Waals surface area contributed by atoms with Crippen LogP contribution >= 0.6 is 11.8 Å². The number of benzene rings is 3. The first-order chi connectivity index (χ1) is 14.1. The summed E-state index contributed by atoms with van der Waals surface area (Å²) < 4.78 is 10.4. The van der Waals surface area contributed by atoms with Crippen molar-refractivity contribution in [3.05, 3.63) is 83.9 Å². The van der Waals surface area contributed by atoms with Crippen molar-refractivity contribution in [3.63, 3.8) is 0 Å². The van der Waals surface area contributed by atoms with Gasteiger partial charge in [0.25, 0.3) is 5.91 Å². The summed E-state index contributed by atoms with van der Waals surface area (Å²) in [6.07, 6.45) is 0. The van der Waals surface area contributed by atoms with Crippen molar-refractivity contribution in [2.24, 2.45) is 0 Å². The van der Waals surface area contributed by atoms with Gasteiger partial charge in [0.15, 0.2) is 5.78 Å². The fraction of sp³-hybridized carbons (Fsp3) is 0.130. The van der Waals surface area contributed by atoms with Crippen LogP contribution in [0.2, 0.25) is 0 Å². The van der Waals surface area contributed by atoms with Gasteiger partial charge in [0, 0.05) is 16.1 Å². The van der Waals surface area contributed by atoms with E-state index < -0.39 is 0 Å². The molecular formula is C23H21NO4S. The average molecular weight is 407 g/mol. The molecule has 6 heteroatoms. The molecule has 0 unspecified atom stereocenters. The number of Topliss-reactive ketones (excluding diaryl/α,β-unsaturated/α-hetero) is 1. The summed E-state index contributed by atoms with van der Waals surface area (Å²) in [7, 11) is 3.13. The first kappa shape index (κ1) is 20.5. The molecule has 0 saturated heterocycles. The second-order valence-corrected chi connectivity index (χ2v) is 7.17. The zero-order chi connectivity index (χ0) is 20.6. The highest BCUT2D eigenvalue weighted by Crippen LogP contribution is 2.25. The maximum atomic E-state index is 12.5. The van der Waals surface area contributed by atoms with Gasteiger partial charge in [-0.1, -0.05) is 18.2 Å². The molecule has 0 aromatic heterocycles. The lowest BCUT2D eigenvalue weighted by atomic mass is 10.1. The van der Waals surface area contributed by atoms with Crippen LogP contribution in [-0.2, 0) is 0 Å². The minimum Gasteiger partial charge on any atom is -0.497 e. The molecule has 0 bridgehead atoms. The average Bonchev–Trinajstić information content (AvgIpc) is 2.77. The molecule has 148 valence electrons. The summed E-state index contributed by atoms with van der Waals surface area (Å²) in [6.45, 7) is 0. The SMILES string of the molecule is COc1ccc(C(=O)Nc2cccc(SCC(=O)c3ccccc3OC)c2)cc1. The minimum atomic E-state index is -0.208. The largest absolute Gasteiger partial charge is 0.497 e. The molecule has 0 spiro atoms. The molecule has 3 aromatic rings. The third-order valence-corrected chi connectivity index (χ3v) is 5.22. The van der Waals surface area contributed by atoms with Crippen LogP contribution < -0.4 is 14.8 Å². The molecule has 3 aromatic carbocycles. The summed E-state index contributed by atoms with van der Waals surface area (Å²) in [6, 6.07) is 21.5. The molecule has 0 atom stereocenters. The predicted octanol–water partition coefficient (Wildman–Crippen LogP) is 4.93. The molecule has 0 radical (unpaired) electrons. The summed E-state index contributed by atoms with van der Waals surface area (Å²) in [5, 5.41) is 2.88. The maximum absolute atomic E-state index is 12.5. The Morgan fingerprint density at radius 1 is 0.897 bits per heavy atom. The van der Waals surface area contributed by atoms with Gasteiger partial charge >= 0.3 is 0 Å². The van der Waals surface area contributed by atoms with Crippen LogP contribution in [0.5, 0.6) is 11.5 Å². The second kappa shape index (κ2) is 9.80. The molecule has 0 saturated carbocycles. The van der Waals surface area contributed by atoms with Gasteiger partial charge in [0.2, 0.25) is 0 Å². The Bertz CT molecular complexity index is 1000. The molecule has 0 fully saturated rings. The molecule has 0 aliphatic rings. The molecular weight excluding hydrogens is 386 g/mol. The lowest BCUT2D eigenvalue weighted by Gasteiger charge is -2.09. The summed E-state index contributed by atoms with van der Waals surface area (Å²) in [4.78, 5) is 25.8. The van der Waals surface area contributed by atoms with Crippen molar-refractivity contribution in [2.75, 3.05) is 25.3 Å². The smallest absolute Gasteiger partial charge is 0.255 e. The van der Waals surface area contributed by atoms with Gasteiger partial charge in [-0.05, 0) is 54.6 Å². The molecule has 0 aliphatic heterocycles. The van der Waals surface area contributed by atoms with E-state index in [1.807, 2.05) is 36.4 Å². The third-order valence-electron chi connectivity index (χ3n) is 4.22. The molecule has 1 amide bonds. The number of carbonyl (C=O) groups is 2. The van der Waals surface area contributed by atoms with Gasteiger partial charge in [0.1, 0.15) is 11.5 Å². The third kappa shape index (κ3) is 5.39. The number of amides is 1. The molecule has 1 N–H and O–H groups in total. The number of methoxy groups -OCH3 is 2. The number of ketones is 1. The number of rotatable bonds is 8. The quantitative estimate of drug-likeness (QED) is 0.424. The number of hydrogen-bond donors (Lipinski definition) is 1. The van der Waals surface area contributed by atoms with Gasteiger partial charge in [-0.2, -0.15) is 0 Å². The Labute approximate surface area is 174 Å². The molecule has 0 heterocycles. The Balaban J connectivity index is 1.63. The number of hydrogen-bond acceptors (Lipinski definition) is 5. The fourth-order valence-electron chi connectivity index (χ4n) is 2.71. The summed E-state index contributed by atoms with van der Waals surface area (Å²) >= 11 is 1.41. The van der Waals surface area contributed by atoms with E-state index in [0.717, 1.165) is 4.90 Å². The molecule has 0 aliphatic carbocycles. The van der Waals surface area contributed by atoms with Gasteiger partial charge in [0.05, 0.1) is 25.5 Å². The van der Waals surface area contributed by atoms with Crippen LogP contribution in [0.25, 0.3) is 0 Å². The number of nitrogens with one attached hydrogen (secondary N) is 1. The van der Waals surface area contributed by atoms with Gasteiger partial charge in [-0.25, -0.2) is 0 Å². The first-order valence-electron chi connectivity index (χ1n) is 8.95. The summed E-state index contributed by atoms with van der Waals surface area (Å²) in [5.41, 5.74) is 1.77. The maximum Gasteiger partial charge on any atom is 0.255 e. The predicted molar refractivity (Wildman–Crippen MR) is 115 cm³/mol. The Kier molecular flexibility index (Phi) is 6.92. The van der Waals surface area contributed by atoms with Crippen molar-refractivity contribution in [2.45, 2.75) is 4.90 Å². The highest BCUT2D eigenvalue weighted by atomic mass is 32.2. The van der Waals surface area contributed by atoms with E-state index in [1.165, 1.54) is 11.8 Å². The van der Waals surface area contributed by atoms with Crippen molar-refractivity contribution in [1.82, 2.24) is 0 Å². The van der Waals surface area contributed by atoms with Crippen LogP contribution in [0.3, 0.4) is 0 Å². The highest BCUT2D eigenvalue weighted by molar-refractivity contribution is 8.00. The number of para-hydroxylation sites is 1. The van der Waals surface area contributed by atoms with Crippen LogP contribution in [0.15, 0.2) is 77.7 Å². The van der Waals surface area contributed by atoms with Gasteiger partial charge in [-0.15, -0.1) is 11.8 Å². The first-order valence-corrected chi connectivity index (χ1v) is 9.94. The van der Waals surface area contributed by atoms with Gasteiger partial charge < -0.3 is 14.8 Å². The molecule has 5 nitrogen and oxygen atoms in total. The van der Waals surface area contributed by atoms with Crippen molar-refractivity contribution >= 4 is 29.1 Å². The molecule has 3 rings (SSSR count). The van der Waals surface area contributed by atoms with Crippen LogP contribution in [0.4, 0.5) is 5.69 Å². The number of ether oxygens (including phenoxy) is 2. The van der Waals surface area contributed by atoms with E-state index in [9.17, 15) is 9.59 Å².